The molecule has 1 fully saturated rings. The number of nitrogens with two attached hydrogens (primary N) is 1. The largest absolute Gasteiger partial charge is 0.345 e. The number of hydrogen-bond acceptors (Lipinski definition) is 2. The van der Waals surface area contributed by atoms with Gasteiger partial charge in [0.15, 0.2) is 0 Å². The third-order valence-corrected chi connectivity index (χ3v) is 4.03. The van der Waals surface area contributed by atoms with E-state index in [2.05, 4.69) is 0 Å². The van der Waals surface area contributed by atoms with Crippen molar-refractivity contribution in [2.45, 2.75) is 64.2 Å². The first kappa shape index (κ1) is 18.7. The van der Waals surface area contributed by atoms with Gasteiger partial charge in [-0.25, -0.2) is 0 Å². The molecule has 0 aromatic rings. The van der Waals surface area contributed by atoms with E-state index in [4.69, 9.17) is 5.73 Å². The number of amides is 1. The number of rotatable bonds is 8. The van der Waals surface area contributed by atoms with Gasteiger partial charge in [-0.1, -0.05) is 32.1 Å². The van der Waals surface area contributed by atoms with Gasteiger partial charge in [0.1, 0.15) is 0 Å². The zero-order chi connectivity index (χ0) is 13.2. The smallest absolute Gasteiger partial charge is 0.222 e. The van der Waals surface area contributed by atoms with Crippen LogP contribution < -0.4 is 5.73 Å². The molecular weight excluding hydrogens is 260 g/mol. The van der Waals surface area contributed by atoms with Crippen molar-refractivity contribution in [1.82, 2.24) is 4.90 Å². The third-order valence-electron chi connectivity index (χ3n) is 4.03. The molecule has 2 N–H and O–H groups in total. The second kappa shape index (κ2) is 11.5. The fourth-order valence-electron chi connectivity index (χ4n) is 2.82. The van der Waals surface area contributed by atoms with Crippen molar-refractivity contribution in [1.29, 1.82) is 0 Å². The highest BCUT2D eigenvalue weighted by Crippen LogP contribution is 2.24. The van der Waals surface area contributed by atoms with E-state index in [1.165, 1.54) is 32.1 Å². The summed E-state index contributed by atoms with van der Waals surface area (Å²) in [6.45, 7) is 1.75. The lowest BCUT2D eigenvalue weighted by Gasteiger charge is -2.27. The van der Waals surface area contributed by atoms with Crippen LogP contribution in [0.15, 0.2) is 0 Å². The highest BCUT2D eigenvalue weighted by Gasteiger charge is 2.17. The van der Waals surface area contributed by atoms with E-state index < -0.39 is 0 Å². The normalized spacial score (nSPS) is 15.9. The lowest BCUT2D eigenvalue weighted by Crippen LogP contribution is -2.32. The second-order valence-corrected chi connectivity index (χ2v) is 5.73. The van der Waals surface area contributed by atoms with Crippen LogP contribution >= 0.6 is 12.4 Å². The first-order chi connectivity index (χ1) is 8.74. The molecule has 0 aromatic heterocycles. The summed E-state index contributed by atoms with van der Waals surface area (Å²) in [5.74, 6) is 1.08. The van der Waals surface area contributed by atoms with Crippen LogP contribution in [-0.2, 0) is 4.79 Å². The van der Waals surface area contributed by atoms with Gasteiger partial charge in [0.25, 0.3) is 0 Å². The maximum atomic E-state index is 12.0. The predicted octanol–water partition coefficient (Wildman–Crippen LogP) is 3.36. The summed E-state index contributed by atoms with van der Waals surface area (Å²) >= 11 is 0. The Kier molecular flexibility index (Phi) is 11.4. The van der Waals surface area contributed by atoms with Crippen LogP contribution in [0.25, 0.3) is 0 Å². The van der Waals surface area contributed by atoms with Crippen LogP contribution in [0.1, 0.15) is 64.2 Å². The number of carbonyl (C=O) groups excluding carboxylic acids is 1. The first-order valence-electron chi connectivity index (χ1n) is 7.68. The summed E-state index contributed by atoms with van der Waals surface area (Å²) in [6.07, 6.45) is 11.8. The minimum absolute atomic E-state index is 0. The van der Waals surface area contributed by atoms with Gasteiger partial charge in [0.05, 0.1) is 0 Å². The molecule has 0 aromatic carbocycles. The van der Waals surface area contributed by atoms with Crippen LogP contribution in [0.4, 0.5) is 0 Å². The van der Waals surface area contributed by atoms with Crippen molar-refractivity contribution in [3.05, 3.63) is 0 Å². The van der Waals surface area contributed by atoms with Crippen LogP contribution in [0.5, 0.6) is 0 Å². The Balaban J connectivity index is 0.00000324. The average molecular weight is 291 g/mol. The van der Waals surface area contributed by atoms with Crippen LogP contribution in [0.2, 0.25) is 0 Å². The fraction of sp³-hybridized carbons (Fsp3) is 0.933. The van der Waals surface area contributed by atoms with E-state index in [0.29, 0.717) is 12.3 Å². The maximum Gasteiger partial charge on any atom is 0.222 e. The molecule has 0 heterocycles. The first-order valence-corrected chi connectivity index (χ1v) is 7.68. The molecule has 0 saturated heterocycles. The summed E-state index contributed by atoms with van der Waals surface area (Å²) in [4.78, 5) is 13.9. The minimum Gasteiger partial charge on any atom is -0.345 e. The van der Waals surface area contributed by atoms with Crippen molar-refractivity contribution in [2.75, 3.05) is 20.1 Å². The van der Waals surface area contributed by atoms with Gasteiger partial charge in [-0.05, 0) is 38.1 Å². The van der Waals surface area contributed by atoms with E-state index in [9.17, 15) is 4.79 Å². The van der Waals surface area contributed by atoms with Crippen molar-refractivity contribution < 1.29 is 4.79 Å². The Bertz CT molecular complexity index is 230. The molecule has 1 rings (SSSR count). The van der Waals surface area contributed by atoms with Crippen LogP contribution in [0, 0.1) is 5.92 Å². The molecule has 4 heteroatoms. The molecule has 0 spiro atoms. The maximum absolute atomic E-state index is 12.0. The van der Waals surface area contributed by atoms with E-state index in [0.717, 1.165) is 44.7 Å². The van der Waals surface area contributed by atoms with Gasteiger partial charge in [-0.3, -0.25) is 4.79 Å². The van der Waals surface area contributed by atoms with E-state index in [1.807, 2.05) is 11.9 Å². The molecule has 3 nitrogen and oxygen atoms in total. The van der Waals surface area contributed by atoms with Crippen molar-refractivity contribution >= 4 is 18.3 Å². The molecule has 0 radical (unpaired) electrons. The third kappa shape index (κ3) is 8.48. The van der Waals surface area contributed by atoms with Gasteiger partial charge in [0, 0.05) is 20.0 Å². The lowest BCUT2D eigenvalue weighted by molar-refractivity contribution is -0.130. The Morgan fingerprint density at radius 2 is 1.74 bits per heavy atom. The topological polar surface area (TPSA) is 46.3 Å². The van der Waals surface area contributed by atoms with E-state index >= 15 is 0 Å². The highest BCUT2D eigenvalue weighted by molar-refractivity contribution is 5.85. The number of hydrogen-bond donors (Lipinski definition) is 1. The van der Waals surface area contributed by atoms with E-state index in [-0.39, 0.29) is 12.4 Å². The fourth-order valence-corrected chi connectivity index (χ4v) is 2.82. The van der Waals surface area contributed by atoms with Gasteiger partial charge >= 0.3 is 0 Å². The Hall–Kier alpha value is -0.280. The van der Waals surface area contributed by atoms with Gasteiger partial charge in [0.2, 0.25) is 5.91 Å². The molecule has 1 aliphatic carbocycles. The molecule has 1 aliphatic rings. The molecule has 0 unspecified atom stereocenters. The van der Waals surface area contributed by atoms with Crippen molar-refractivity contribution in [3.8, 4) is 0 Å². The molecule has 0 bridgehead atoms. The molecule has 1 amide bonds. The molecular formula is C15H31ClN2O. The Labute approximate surface area is 124 Å². The van der Waals surface area contributed by atoms with Crippen molar-refractivity contribution in [3.63, 3.8) is 0 Å². The number of carbonyl (C=O) groups is 1. The van der Waals surface area contributed by atoms with Gasteiger partial charge in [-0.15, -0.1) is 12.4 Å². The molecule has 0 atom stereocenters. The molecule has 1 saturated carbocycles. The molecule has 19 heavy (non-hydrogen) atoms. The Morgan fingerprint density at radius 3 is 2.37 bits per heavy atom. The molecule has 114 valence electrons. The van der Waals surface area contributed by atoms with E-state index in [1.54, 1.807) is 0 Å². The summed E-state index contributed by atoms with van der Waals surface area (Å²) in [7, 11) is 1.97. The van der Waals surface area contributed by atoms with Crippen molar-refractivity contribution in [2.24, 2.45) is 11.7 Å². The number of unbranched alkanes of at least 4 members (excludes halogenated alkanes) is 3. The van der Waals surface area contributed by atoms with Gasteiger partial charge in [-0.2, -0.15) is 0 Å². The standard InChI is InChI=1S/C15H30N2O.ClH/c1-17(13-14-9-5-4-6-10-14)15(18)11-7-2-3-8-12-16;/h14H,2-13,16H2,1H3;1H. The second-order valence-electron chi connectivity index (χ2n) is 5.73. The number of halogens is 1. The average Bonchev–Trinajstić information content (AvgIpc) is 2.39. The number of nitrogens with zero attached hydrogens (tertiary/aromatic N) is 1. The highest BCUT2D eigenvalue weighted by atomic mass is 35.5. The van der Waals surface area contributed by atoms with Gasteiger partial charge < -0.3 is 10.6 Å². The predicted molar refractivity (Wildman–Crippen MR) is 83.6 cm³/mol. The SMILES string of the molecule is CN(CC1CCCCC1)C(=O)CCCCCCN.Cl. The van der Waals surface area contributed by atoms with Crippen LogP contribution in [-0.4, -0.2) is 30.9 Å². The summed E-state index contributed by atoms with van der Waals surface area (Å²) in [5, 5.41) is 0. The zero-order valence-corrected chi connectivity index (χ0v) is 13.2. The lowest BCUT2D eigenvalue weighted by atomic mass is 9.89. The quantitative estimate of drug-likeness (QED) is 0.697. The minimum atomic E-state index is 0. The monoisotopic (exact) mass is 290 g/mol. The molecule has 0 aliphatic heterocycles. The summed E-state index contributed by atoms with van der Waals surface area (Å²) < 4.78 is 0. The zero-order valence-electron chi connectivity index (χ0n) is 12.4. The van der Waals surface area contributed by atoms with Crippen LogP contribution in [0.3, 0.4) is 0 Å². The summed E-state index contributed by atoms with van der Waals surface area (Å²) in [5.41, 5.74) is 5.45. The Morgan fingerprint density at radius 1 is 1.11 bits per heavy atom. The summed E-state index contributed by atoms with van der Waals surface area (Å²) in [6, 6.07) is 0.